The maximum atomic E-state index is 15.6. The second kappa shape index (κ2) is 11.2. The van der Waals surface area contributed by atoms with Crippen LogP contribution in [0.25, 0.3) is 21.9 Å². The van der Waals surface area contributed by atoms with Gasteiger partial charge in [0.15, 0.2) is 0 Å². The number of pyridine rings is 2. The summed E-state index contributed by atoms with van der Waals surface area (Å²) in [6.45, 7) is 8.59. The summed E-state index contributed by atoms with van der Waals surface area (Å²) in [6, 6.07) is 3.10. The van der Waals surface area contributed by atoms with Gasteiger partial charge in [0.1, 0.15) is 35.6 Å². The number of halogens is 2. The maximum Gasteiger partial charge on any atom is 0.413 e. The van der Waals surface area contributed by atoms with Crippen LogP contribution in [0.15, 0.2) is 24.5 Å². The summed E-state index contributed by atoms with van der Waals surface area (Å²) in [5.74, 6) is -0.388. The number of carboxylic acid groups (broad SMARTS) is 1. The molecule has 1 saturated heterocycles. The first-order valence-corrected chi connectivity index (χ1v) is 15.0. The predicted octanol–water partition coefficient (Wildman–Crippen LogP) is 6.61. The number of carbonyl (C=O) groups is 3. The van der Waals surface area contributed by atoms with Crippen LogP contribution in [0.2, 0.25) is 5.02 Å². The van der Waals surface area contributed by atoms with Crippen molar-refractivity contribution in [3.63, 3.8) is 0 Å². The minimum atomic E-state index is -1.17. The van der Waals surface area contributed by atoms with E-state index >= 15 is 4.39 Å². The Morgan fingerprint density at radius 2 is 1.91 bits per heavy atom. The number of aromatic nitrogens is 2. The third-order valence-electron chi connectivity index (χ3n) is 8.43. The van der Waals surface area contributed by atoms with Crippen LogP contribution in [0.4, 0.5) is 30.3 Å². The molecule has 2 fully saturated rings. The highest BCUT2D eigenvalue weighted by Gasteiger charge is 2.51. The maximum absolute atomic E-state index is 15.6. The van der Waals surface area contributed by atoms with Gasteiger partial charge in [0.2, 0.25) is 5.88 Å². The molecule has 4 heterocycles. The first-order valence-electron chi connectivity index (χ1n) is 14.6. The number of hydrogen-bond donors (Lipinski definition) is 2. The number of ether oxygens (including phenoxy) is 3. The summed E-state index contributed by atoms with van der Waals surface area (Å²) in [5.41, 5.74) is 0.500. The van der Waals surface area contributed by atoms with Gasteiger partial charge < -0.3 is 24.2 Å². The van der Waals surface area contributed by atoms with Crippen LogP contribution in [-0.4, -0.2) is 76.2 Å². The van der Waals surface area contributed by atoms with Gasteiger partial charge in [-0.2, -0.15) is 0 Å². The van der Waals surface area contributed by atoms with E-state index in [4.69, 9.17) is 25.8 Å². The largest absolute Gasteiger partial charge is 0.474 e. The molecule has 1 aliphatic carbocycles. The topological polar surface area (TPSA) is 143 Å². The monoisotopic (exact) mass is 641 g/mol. The number of nitrogens with zero attached hydrogens (tertiary/aromatic N) is 4. The lowest BCUT2D eigenvalue weighted by molar-refractivity contribution is -0.0342. The van der Waals surface area contributed by atoms with Gasteiger partial charge in [0.25, 0.3) is 0 Å². The van der Waals surface area contributed by atoms with E-state index in [1.54, 1.807) is 24.0 Å². The van der Waals surface area contributed by atoms with Crippen LogP contribution in [-0.2, 0) is 9.47 Å². The molecule has 238 valence electrons. The van der Waals surface area contributed by atoms with Crippen LogP contribution in [0.1, 0.15) is 45.6 Å². The summed E-state index contributed by atoms with van der Waals surface area (Å²) >= 11 is 6.42. The van der Waals surface area contributed by atoms with Crippen LogP contribution in [0.5, 0.6) is 5.88 Å². The van der Waals surface area contributed by atoms with Gasteiger partial charge in [-0.3, -0.25) is 10.2 Å². The van der Waals surface area contributed by atoms with Crippen molar-refractivity contribution in [2.45, 2.75) is 58.7 Å². The number of hydrogen-bond acceptors (Lipinski definition) is 8. The minimum Gasteiger partial charge on any atom is -0.474 e. The Morgan fingerprint density at radius 1 is 1.16 bits per heavy atom. The highest BCUT2D eigenvalue weighted by molar-refractivity contribution is 6.36. The van der Waals surface area contributed by atoms with E-state index < -0.39 is 23.6 Å². The molecule has 2 aliphatic heterocycles. The number of fused-ring (bicyclic) bond motifs is 2. The molecule has 0 atom stereocenters. The van der Waals surface area contributed by atoms with Gasteiger partial charge >= 0.3 is 18.3 Å². The summed E-state index contributed by atoms with van der Waals surface area (Å²) in [6.07, 6.45) is 2.40. The van der Waals surface area contributed by atoms with Crippen molar-refractivity contribution >= 4 is 52.2 Å². The molecule has 45 heavy (non-hydrogen) atoms. The van der Waals surface area contributed by atoms with Crippen LogP contribution >= 0.6 is 11.6 Å². The number of benzene rings is 1. The molecular formula is C31H33ClFN5O7. The van der Waals surface area contributed by atoms with E-state index in [1.165, 1.54) is 12.4 Å². The molecule has 2 aromatic heterocycles. The van der Waals surface area contributed by atoms with Gasteiger partial charge in [-0.25, -0.2) is 28.7 Å². The molecule has 1 saturated carbocycles. The smallest absolute Gasteiger partial charge is 0.413 e. The molecule has 1 spiro atoms. The summed E-state index contributed by atoms with van der Waals surface area (Å²) in [5, 5.41) is 13.0. The molecule has 3 amide bonds. The third-order valence-corrected chi connectivity index (χ3v) is 8.80. The standard InChI is InChI=1S/C31H33ClFN5O7/c1-16-20(13-35-26-25(16)38(28(40)41)7-8-43-26)19-9-17-10-22(34-14-21(17)23(32)24(19)33)36-27(39)44-18-11-31(12-18)5-6-37(15-31)29(42)45-30(2,3)4/h9-10,13-14,18H,5-8,11-12,15H2,1-4H3,(H,40,41)(H,34,36,39). The number of nitrogens with one attached hydrogen (secondary N) is 1. The SMILES string of the molecule is Cc1c(-c2cc3cc(NC(=O)OC4CC5(CCN(C(=O)OC(C)(C)C)C5)C4)ncc3c(Cl)c2F)cnc2c1N(C(=O)O)CCO2. The second-order valence-electron chi connectivity index (χ2n) is 12.8. The second-order valence-corrected chi connectivity index (χ2v) is 13.2. The van der Waals surface area contributed by atoms with Crippen molar-refractivity contribution in [3.8, 4) is 17.0 Å². The highest BCUT2D eigenvalue weighted by Crippen LogP contribution is 2.50. The van der Waals surface area contributed by atoms with Crippen LogP contribution in [0, 0.1) is 18.2 Å². The molecule has 0 bridgehead atoms. The van der Waals surface area contributed by atoms with Gasteiger partial charge in [0, 0.05) is 42.0 Å². The molecule has 0 unspecified atom stereocenters. The predicted molar refractivity (Wildman–Crippen MR) is 164 cm³/mol. The molecule has 12 nitrogen and oxygen atoms in total. The van der Waals surface area contributed by atoms with Gasteiger partial charge in [-0.05, 0) is 75.5 Å². The van der Waals surface area contributed by atoms with E-state index in [0.717, 1.165) is 11.3 Å². The van der Waals surface area contributed by atoms with Crippen molar-refractivity contribution < 1.29 is 38.1 Å². The fourth-order valence-electron chi connectivity index (χ4n) is 6.32. The molecule has 0 radical (unpaired) electrons. The quantitative estimate of drug-likeness (QED) is 0.323. The Balaban J connectivity index is 1.15. The Labute approximate surface area is 263 Å². The molecule has 2 N–H and O–H groups in total. The lowest BCUT2D eigenvalue weighted by Gasteiger charge is -2.44. The Hall–Kier alpha value is -4.39. The zero-order valence-electron chi connectivity index (χ0n) is 25.3. The fourth-order valence-corrected chi connectivity index (χ4v) is 6.58. The Morgan fingerprint density at radius 3 is 2.62 bits per heavy atom. The van der Waals surface area contributed by atoms with Crippen LogP contribution in [0.3, 0.4) is 0 Å². The van der Waals surface area contributed by atoms with Crippen molar-refractivity contribution in [2.24, 2.45) is 5.41 Å². The fraction of sp³-hybridized carbons (Fsp3) is 0.452. The van der Waals surface area contributed by atoms with Crippen molar-refractivity contribution in [2.75, 3.05) is 36.5 Å². The number of anilines is 2. The molecule has 1 aromatic carbocycles. The van der Waals surface area contributed by atoms with Crippen LogP contribution < -0.4 is 15.0 Å². The van der Waals surface area contributed by atoms with Gasteiger partial charge in [-0.15, -0.1) is 0 Å². The zero-order valence-corrected chi connectivity index (χ0v) is 26.0. The summed E-state index contributed by atoms with van der Waals surface area (Å²) < 4.78 is 32.2. The van der Waals surface area contributed by atoms with Gasteiger partial charge in [-0.1, -0.05) is 11.6 Å². The summed E-state index contributed by atoms with van der Waals surface area (Å²) in [7, 11) is 0. The van der Waals surface area contributed by atoms with Crippen molar-refractivity contribution in [1.29, 1.82) is 0 Å². The first-order chi connectivity index (χ1) is 21.2. The third kappa shape index (κ3) is 5.88. The van der Waals surface area contributed by atoms with E-state index in [2.05, 4.69) is 15.3 Å². The number of rotatable bonds is 3. The lowest BCUT2D eigenvalue weighted by atomic mass is 9.66. The normalized spacial score (nSPS) is 20.8. The minimum absolute atomic E-state index is 0.0857. The average molecular weight is 642 g/mol. The van der Waals surface area contributed by atoms with E-state index in [0.29, 0.717) is 47.8 Å². The van der Waals surface area contributed by atoms with E-state index in [-0.39, 0.29) is 58.7 Å². The highest BCUT2D eigenvalue weighted by atomic mass is 35.5. The molecule has 14 heteroatoms. The lowest BCUT2D eigenvalue weighted by Crippen LogP contribution is -2.46. The number of carbonyl (C=O) groups excluding carboxylic acids is 2. The molecule has 6 rings (SSSR count). The average Bonchev–Trinajstić information content (AvgIpc) is 3.40. The van der Waals surface area contributed by atoms with E-state index in [9.17, 15) is 19.5 Å². The Kier molecular flexibility index (Phi) is 7.62. The van der Waals surface area contributed by atoms with E-state index in [1.807, 2.05) is 20.8 Å². The molecular weight excluding hydrogens is 609 g/mol. The van der Waals surface area contributed by atoms with Gasteiger partial charge in [0.05, 0.1) is 11.6 Å². The number of amides is 3. The first kappa shape index (κ1) is 30.6. The molecule has 3 aliphatic rings. The number of likely N-dealkylation sites (tertiary alicyclic amines) is 1. The van der Waals surface area contributed by atoms with Crippen molar-refractivity contribution in [3.05, 3.63) is 40.9 Å². The summed E-state index contributed by atoms with van der Waals surface area (Å²) in [4.78, 5) is 48.3. The molecule has 3 aromatic rings. The Bertz CT molecular complexity index is 1720. The van der Waals surface area contributed by atoms with Crippen molar-refractivity contribution in [1.82, 2.24) is 14.9 Å². The zero-order chi connectivity index (χ0) is 32.3.